The number of hydrogen-bond acceptors (Lipinski definition) is 14. The van der Waals surface area contributed by atoms with Crippen LogP contribution in [0.1, 0.15) is 94.9 Å². The summed E-state index contributed by atoms with van der Waals surface area (Å²) >= 11 is 0. The zero-order chi connectivity index (χ0) is 39.7. The first-order valence-corrected chi connectivity index (χ1v) is 18.9. The van der Waals surface area contributed by atoms with Gasteiger partial charge in [0, 0.05) is 44.2 Å². The van der Waals surface area contributed by atoms with E-state index in [2.05, 4.69) is 0 Å². The predicted molar refractivity (Wildman–Crippen MR) is 194 cm³/mol. The maximum atomic E-state index is 14.2. The molecule has 0 aromatic carbocycles. The van der Waals surface area contributed by atoms with Gasteiger partial charge in [-0.2, -0.15) is 0 Å². The van der Waals surface area contributed by atoms with Gasteiger partial charge in [-0.05, 0) is 80.8 Å². The third-order valence-corrected chi connectivity index (χ3v) is 12.4. The first-order valence-electron chi connectivity index (χ1n) is 18.9. The van der Waals surface area contributed by atoms with Crippen molar-refractivity contribution in [3.63, 3.8) is 0 Å². The molecule has 0 aliphatic carbocycles. The fourth-order valence-electron chi connectivity index (χ4n) is 8.61. The summed E-state index contributed by atoms with van der Waals surface area (Å²) in [5.74, 6) is -3.61. The molecule has 14 heteroatoms. The highest BCUT2D eigenvalue weighted by Crippen LogP contribution is 2.41. The molecule has 0 radical (unpaired) electrons. The van der Waals surface area contributed by atoms with E-state index in [9.17, 15) is 25.2 Å². The van der Waals surface area contributed by atoms with Gasteiger partial charge in [0.05, 0.1) is 47.6 Å². The van der Waals surface area contributed by atoms with E-state index in [1.54, 1.807) is 41.7 Å². The van der Waals surface area contributed by atoms with E-state index >= 15 is 0 Å². The second-order valence-electron chi connectivity index (χ2n) is 16.7. The number of nitrogens with zero attached hydrogens (tertiary/aromatic N) is 1. The van der Waals surface area contributed by atoms with Crippen molar-refractivity contribution in [2.24, 2.45) is 23.7 Å². The van der Waals surface area contributed by atoms with E-state index in [4.69, 9.17) is 38.6 Å². The van der Waals surface area contributed by atoms with E-state index in [1.807, 2.05) is 46.7 Å². The Morgan fingerprint density at radius 2 is 1.48 bits per heavy atom. The monoisotopic (exact) mass is 746 g/mol. The molecular weight excluding hydrogens is 676 g/mol. The number of nitrogens with one attached hydrogen (secondary N) is 1. The summed E-state index contributed by atoms with van der Waals surface area (Å²) in [6.45, 7) is 17.5. The SMILES string of the molecule is CC[C@H]1OC(=O)[C@H](C)[C@@H](OC2CC(C)(OC)C(O)C(C)O2)[C@H](C)[C@@H](OC2OC(C)CC(N(C)C)C2O)[C@](C)(OC)C[C@@H](C)C(=N)[C@H](C)[C@@H](O)[C@]1(C)O. The molecule has 14 nitrogen and oxygen atoms in total. The van der Waals surface area contributed by atoms with Crippen LogP contribution in [-0.4, -0.2) is 150 Å². The van der Waals surface area contributed by atoms with Crippen LogP contribution in [0.2, 0.25) is 0 Å². The van der Waals surface area contributed by atoms with Crippen LogP contribution in [0.3, 0.4) is 0 Å². The van der Waals surface area contributed by atoms with Gasteiger partial charge in [-0.1, -0.05) is 27.7 Å². The zero-order valence-electron chi connectivity index (χ0n) is 34.0. The molecule has 3 aliphatic heterocycles. The van der Waals surface area contributed by atoms with E-state index < -0.39 is 102 Å². The minimum atomic E-state index is -1.88. The molecule has 0 aromatic heterocycles. The van der Waals surface area contributed by atoms with Crippen LogP contribution in [0.25, 0.3) is 0 Å². The van der Waals surface area contributed by atoms with Gasteiger partial charge in [0.1, 0.15) is 23.9 Å². The zero-order valence-corrected chi connectivity index (χ0v) is 34.0. The summed E-state index contributed by atoms with van der Waals surface area (Å²) < 4.78 is 44.1. The van der Waals surface area contributed by atoms with Crippen LogP contribution in [0.15, 0.2) is 0 Å². The number of rotatable bonds is 8. The molecule has 3 heterocycles. The normalized spacial score (nSPS) is 49.0. The van der Waals surface area contributed by atoms with Crippen molar-refractivity contribution in [1.29, 1.82) is 5.41 Å². The number of aliphatic hydroxyl groups excluding tert-OH is 3. The molecule has 3 saturated heterocycles. The Kier molecular flexibility index (Phi) is 15.3. The van der Waals surface area contributed by atoms with Crippen LogP contribution < -0.4 is 0 Å². The molecule has 304 valence electrons. The first kappa shape index (κ1) is 45.1. The number of ether oxygens (including phenoxy) is 7. The third kappa shape index (κ3) is 9.38. The molecule has 3 fully saturated rings. The van der Waals surface area contributed by atoms with Crippen molar-refractivity contribution in [3.05, 3.63) is 0 Å². The molecule has 3 rings (SSSR count). The highest BCUT2D eigenvalue weighted by Gasteiger charge is 2.53. The molecule has 0 spiro atoms. The van der Waals surface area contributed by atoms with Gasteiger partial charge in [0.15, 0.2) is 12.6 Å². The largest absolute Gasteiger partial charge is 0.459 e. The summed E-state index contributed by atoms with van der Waals surface area (Å²) in [4.78, 5) is 16.1. The predicted octanol–water partition coefficient (Wildman–Crippen LogP) is 2.89. The Bertz CT molecular complexity index is 1190. The summed E-state index contributed by atoms with van der Waals surface area (Å²) in [7, 11) is 6.84. The Morgan fingerprint density at radius 1 is 0.885 bits per heavy atom. The standard InChI is InChI=1S/C38H70N2O12/c1-15-26-38(10,45)31(42)21(4)28(39)19(2)17-37(9,47-14)33(52-35-29(41)25(40(11)12)16-20(3)48-35)22(5)30(23(6)34(44)50-26)51-27-18-36(8,46-13)32(43)24(7)49-27/h19-27,29-33,35,39,41-43,45H,15-18H2,1-14H3/t19-,20?,21+,22+,23-,24?,25?,26-,27?,29?,30+,31-,32?,33-,35?,36?,37-,38-/m1/s1. The quantitative estimate of drug-likeness (QED) is 0.228. The molecule has 0 amide bonds. The fourth-order valence-corrected chi connectivity index (χ4v) is 8.61. The van der Waals surface area contributed by atoms with Gasteiger partial charge in [-0.25, -0.2) is 0 Å². The Labute approximate surface area is 311 Å². The molecule has 0 saturated carbocycles. The molecule has 18 atom stereocenters. The molecule has 0 aromatic rings. The average Bonchev–Trinajstić information content (AvgIpc) is 3.09. The van der Waals surface area contributed by atoms with Crippen LogP contribution in [0, 0.1) is 29.1 Å². The van der Waals surface area contributed by atoms with E-state index in [0.29, 0.717) is 6.42 Å². The van der Waals surface area contributed by atoms with Crippen molar-refractivity contribution < 1.29 is 58.4 Å². The number of likely N-dealkylation sites (N-methyl/N-ethyl adjacent to an activating group) is 1. The van der Waals surface area contributed by atoms with Crippen LogP contribution in [-0.2, 0) is 38.0 Å². The number of hydrogen-bond donors (Lipinski definition) is 5. The molecule has 52 heavy (non-hydrogen) atoms. The van der Waals surface area contributed by atoms with Crippen molar-refractivity contribution >= 4 is 11.7 Å². The van der Waals surface area contributed by atoms with Crippen LogP contribution in [0.4, 0.5) is 0 Å². The summed E-state index contributed by atoms with van der Waals surface area (Å²) in [6.07, 6.45) is -8.14. The maximum absolute atomic E-state index is 14.2. The number of carbonyl (C=O) groups excluding carboxylic acids is 1. The number of aliphatic hydroxyl groups is 4. The van der Waals surface area contributed by atoms with E-state index in [-0.39, 0.29) is 37.1 Å². The highest BCUT2D eigenvalue weighted by molar-refractivity contribution is 5.86. The minimum absolute atomic E-state index is 0.143. The van der Waals surface area contributed by atoms with Gasteiger partial charge < -0.3 is 63.9 Å². The lowest BCUT2D eigenvalue weighted by molar-refractivity contribution is -0.319. The topological polar surface area (TPSA) is 190 Å². The second kappa shape index (κ2) is 17.7. The smallest absolute Gasteiger partial charge is 0.311 e. The number of carbonyl (C=O) groups is 1. The summed E-state index contributed by atoms with van der Waals surface area (Å²) in [5, 5.41) is 54.9. The van der Waals surface area contributed by atoms with Gasteiger partial charge in [0.2, 0.25) is 0 Å². The first-order chi connectivity index (χ1) is 24.0. The third-order valence-electron chi connectivity index (χ3n) is 12.4. The lowest BCUT2D eigenvalue weighted by Crippen LogP contribution is -2.61. The minimum Gasteiger partial charge on any atom is -0.459 e. The summed E-state index contributed by atoms with van der Waals surface area (Å²) in [6, 6.07) is -0.263. The molecule has 5 N–H and O–H groups in total. The average molecular weight is 747 g/mol. The Balaban J connectivity index is 2.22. The molecule has 8 unspecified atom stereocenters. The van der Waals surface area contributed by atoms with Crippen molar-refractivity contribution in [2.75, 3.05) is 28.3 Å². The second-order valence-corrected chi connectivity index (χ2v) is 16.7. The maximum Gasteiger partial charge on any atom is 0.311 e. The van der Waals surface area contributed by atoms with Gasteiger partial charge >= 0.3 is 5.97 Å². The van der Waals surface area contributed by atoms with Crippen molar-refractivity contribution in [2.45, 2.75) is 179 Å². The molecule has 0 bridgehead atoms. The number of esters is 1. The lowest BCUT2D eigenvalue weighted by atomic mass is 9.73. The van der Waals surface area contributed by atoms with Gasteiger partial charge in [-0.15, -0.1) is 0 Å². The Hall–Kier alpha value is -1.30. The molecular formula is C38H70N2O12. The van der Waals surface area contributed by atoms with E-state index in [1.165, 1.54) is 14.0 Å². The number of methoxy groups -OCH3 is 2. The van der Waals surface area contributed by atoms with Crippen molar-refractivity contribution in [1.82, 2.24) is 4.90 Å². The summed E-state index contributed by atoms with van der Waals surface area (Å²) in [5.41, 5.74) is -3.89. The number of cyclic esters (lactones) is 1. The van der Waals surface area contributed by atoms with Gasteiger partial charge in [-0.3, -0.25) is 4.79 Å². The highest BCUT2D eigenvalue weighted by atomic mass is 16.7. The lowest BCUT2D eigenvalue weighted by Gasteiger charge is -2.50. The van der Waals surface area contributed by atoms with Crippen LogP contribution >= 0.6 is 0 Å². The molecule has 3 aliphatic rings. The van der Waals surface area contributed by atoms with E-state index in [0.717, 1.165) is 0 Å². The Morgan fingerprint density at radius 3 is 2.02 bits per heavy atom. The van der Waals surface area contributed by atoms with Crippen LogP contribution in [0.5, 0.6) is 0 Å². The van der Waals surface area contributed by atoms with Gasteiger partial charge in [0.25, 0.3) is 0 Å². The van der Waals surface area contributed by atoms with Crippen molar-refractivity contribution in [3.8, 4) is 0 Å². The fraction of sp³-hybridized carbons (Fsp3) is 0.947.